The standard InChI is InChI=1S/C24H27BF4N6/c1-15-9-18-19-11-31-33-21(19)5-4-20(18)24(25,35(15)14-23(27,28)29)22-6-3-16(10-30-22)32-17-12-34(13-17)8-2-7-26/h3-6,10-11,15,17,32H,2,7-9,12-14H2,1H3,(H,31,33)/t15-,24+/m1/s1. The summed E-state index contributed by atoms with van der Waals surface area (Å²) in [5.74, 6) is 0. The van der Waals surface area contributed by atoms with Crippen LogP contribution in [0, 0.1) is 0 Å². The number of aromatic amines is 1. The lowest BCUT2D eigenvalue weighted by atomic mass is 9.63. The summed E-state index contributed by atoms with van der Waals surface area (Å²) in [5, 5.41) is 11.3. The number of hydrogen-bond acceptors (Lipinski definition) is 5. The van der Waals surface area contributed by atoms with E-state index >= 15 is 0 Å². The van der Waals surface area contributed by atoms with Crippen molar-refractivity contribution in [3.05, 3.63) is 53.5 Å². The molecule has 6 nitrogen and oxygen atoms in total. The van der Waals surface area contributed by atoms with Crippen LogP contribution in [0.15, 0.2) is 36.7 Å². The Hall–Kier alpha value is -2.66. The molecule has 1 aromatic carbocycles. The van der Waals surface area contributed by atoms with Crippen LogP contribution in [0.25, 0.3) is 10.9 Å². The van der Waals surface area contributed by atoms with Gasteiger partial charge in [0.05, 0.1) is 48.6 Å². The summed E-state index contributed by atoms with van der Waals surface area (Å²) in [6.07, 6.45) is -0.162. The number of nitrogens with one attached hydrogen (secondary N) is 2. The summed E-state index contributed by atoms with van der Waals surface area (Å²) in [6.45, 7) is 2.65. The maximum absolute atomic E-state index is 13.6. The average molecular weight is 486 g/mol. The predicted molar refractivity (Wildman–Crippen MR) is 127 cm³/mol. The molecule has 184 valence electrons. The van der Waals surface area contributed by atoms with Gasteiger partial charge in [0.2, 0.25) is 0 Å². The fourth-order valence-electron chi connectivity index (χ4n) is 5.39. The van der Waals surface area contributed by atoms with Crippen molar-refractivity contribution in [1.29, 1.82) is 0 Å². The molecule has 4 heterocycles. The second-order valence-electron chi connectivity index (χ2n) is 9.56. The van der Waals surface area contributed by atoms with Crippen molar-refractivity contribution in [2.45, 2.75) is 43.5 Å². The normalized spacial score (nSPS) is 23.9. The molecule has 1 saturated heterocycles. The molecule has 0 aliphatic carbocycles. The fourth-order valence-corrected chi connectivity index (χ4v) is 5.39. The quantitative estimate of drug-likeness (QED) is 0.395. The molecule has 0 saturated carbocycles. The minimum Gasteiger partial charge on any atom is -0.378 e. The van der Waals surface area contributed by atoms with Crippen LogP contribution in [0.1, 0.15) is 30.2 Å². The van der Waals surface area contributed by atoms with Crippen LogP contribution in [0.5, 0.6) is 0 Å². The summed E-state index contributed by atoms with van der Waals surface area (Å²) in [5.41, 5.74) is 1.86. The first-order chi connectivity index (χ1) is 16.7. The maximum Gasteiger partial charge on any atom is 0.401 e. The monoisotopic (exact) mass is 486 g/mol. The lowest BCUT2D eigenvalue weighted by Gasteiger charge is -2.50. The molecular formula is C24H27BF4N6. The largest absolute Gasteiger partial charge is 0.401 e. The molecule has 11 heteroatoms. The third-order valence-corrected chi connectivity index (χ3v) is 7.07. The number of pyridine rings is 1. The topological polar surface area (TPSA) is 60.1 Å². The van der Waals surface area contributed by atoms with E-state index in [9.17, 15) is 17.6 Å². The van der Waals surface area contributed by atoms with Crippen molar-refractivity contribution in [2.75, 3.05) is 38.2 Å². The van der Waals surface area contributed by atoms with Crippen molar-refractivity contribution in [3.63, 3.8) is 0 Å². The molecule has 2 N–H and O–H groups in total. The molecule has 2 radical (unpaired) electrons. The fraction of sp³-hybridized carbons (Fsp3) is 0.500. The van der Waals surface area contributed by atoms with E-state index in [2.05, 4.69) is 25.4 Å². The van der Waals surface area contributed by atoms with Gasteiger partial charge in [-0.1, -0.05) is 6.07 Å². The zero-order valence-electron chi connectivity index (χ0n) is 19.4. The van der Waals surface area contributed by atoms with Gasteiger partial charge >= 0.3 is 6.18 Å². The molecule has 35 heavy (non-hydrogen) atoms. The van der Waals surface area contributed by atoms with E-state index in [1.165, 1.54) is 4.90 Å². The second-order valence-corrected chi connectivity index (χ2v) is 9.56. The van der Waals surface area contributed by atoms with Gasteiger partial charge in [-0.15, -0.1) is 0 Å². The minimum absolute atomic E-state index is 0.223. The smallest absolute Gasteiger partial charge is 0.378 e. The third-order valence-electron chi connectivity index (χ3n) is 7.07. The van der Waals surface area contributed by atoms with Crippen LogP contribution >= 0.6 is 0 Å². The molecule has 2 aliphatic rings. The SMILES string of the molecule is [B][C@@]1(c2ccc(NC3CN(CCCF)C3)cn2)c2ccc3[nH]ncc3c2C[C@@H](C)N1CC(F)(F)F. The van der Waals surface area contributed by atoms with Gasteiger partial charge in [-0.25, -0.2) is 0 Å². The number of H-pyrrole nitrogens is 1. The lowest BCUT2D eigenvalue weighted by Crippen LogP contribution is -2.59. The molecule has 2 aromatic heterocycles. The Morgan fingerprint density at radius 3 is 2.69 bits per heavy atom. The van der Waals surface area contributed by atoms with Crippen LogP contribution in [-0.4, -0.2) is 83.9 Å². The van der Waals surface area contributed by atoms with Gasteiger partial charge in [0.1, 0.15) is 7.85 Å². The molecule has 2 atom stereocenters. The van der Waals surface area contributed by atoms with Gasteiger partial charge in [-0.2, -0.15) is 18.3 Å². The van der Waals surface area contributed by atoms with E-state index in [4.69, 9.17) is 7.85 Å². The Balaban J connectivity index is 1.46. The summed E-state index contributed by atoms with van der Waals surface area (Å²) in [7, 11) is 6.92. The van der Waals surface area contributed by atoms with E-state index in [0.29, 0.717) is 24.1 Å². The first kappa shape index (κ1) is 24.1. The van der Waals surface area contributed by atoms with Crippen molar-refractivity contribution < 1.29 is 17.6 Å². The molecule has 1 fully saturated rings. The highest BCUT2D eigenvalue weighted by Crippen LogP contribution is 2.44. The van der Waals surface area contributed by atoms with Gasteiger partial charge in [0.25, 0.3) is 0 Å². The molecule has 5 rings (SSSR count). The summed E-state index contributed by atoms with van der Waals surface area (Å²) < 4.78 is 53.3. The first-order valence-electron chi connectivity index (χ1n) is 11.8. The van der Waals surface area contributed by atoms with E-state index in [1.54, 1.807) is 37.5 Å². The number of aromatic nitrogens is 3. The second kappa shape index (κ2) is 9.09. The number of likely N-dealkylation sites (tertiary alicyclic amines) is 1. The van der Waals surface area contributed by atoms with Crippen LogP contribution in [0.4, 0.5) is 23.2 Å². The van der Waals surface area contributed by atoms with Gasteiger partial charge in [-0.05, 0) is 49.1 Å². The van der Waals surface area contributed by atoms with Gasteiger partial charge in [0, 0.05) is 36.5 Å². The Morgan fingerprint density at radius 2 is 2.00 bits per heavy atom. The van der Waals surface area contributed by atoms with E-state index in [1.807, 2.05) is 6.07 Å². The molecule has 0 spiro atoms. The Bertz CT molecular complexity index is 1180. The summed E-state index contributed by atoms with van der Waals surface area (Å²) in [4.78, 5) is 8.02. The summed E-state index contributed by atoms with van der Waals surface area (Å²) >= 11 is 0. The highest BCUT2D eigenvalue weighted by atomic mass is 19.4. The number of hydrogen-bond donors (Lipinski definition) is 2. The van der Waals surface area contributed by atoms with Crippen molar-refractivity contribution in [1.82, 2.24) is 25.0 Å². The van der Waals surface area contributed by atoms with Crippen LogP contribution in [-0.2, 0) is 11.9 Å². The zero-order valence-corrected chi connectivity index (χ0v) is 19.4. The van der Waals surface area contributed by atoms with Gasteiger partial charge in [0.15, 0.2) is 0 Å². The molecule has 0 amide bonds. The number of benzene rings is 1. The van der Waals surface area contributed by atoms with Crippen molar-refractivity contribution in [2.24, 2.45) is 0 Å². The molecule has 0 unspecified atom stereocenters. The molecule has 2 aliphatic heterocycles. The van der Waals surface area contributed by atoms with Gasteiger partial charge < -0.3 is 5.32 Å². The average Bonchev–Trinajstić information content (AvgIpc) is 3.27. The highest BCUT2D eigenvalue weighted by Gasteiger charge is 2.48. The van der Waals surface area contributed by atoms with E-state index < -0.39 is 24.2 Å². The van der Waals surface area contributed by atoms with Crippen molar-refractivity contribution in [3.8, 4) is 0 Å². The predicted octanol–water partition coefficient (Wildman–Crippen LogP) is 3.59. The lowest BCUT2D eigenvalue weighted by molar-refractivity contribution is -0.158. The first-order valence-corrected chi connectivity index (χ1v) is 11.8. The number of halogens is 4. The minimum atomic E-state index is -4.42. The highest BCUT2D eigenvalue weighted by molar-refractivity contribution is 6.18. The number of anilines is 1. The molecule has 3 aromatic rings. The van der Waals surface area contributed by atoms with Crippen molar-refractivity contribution >= 4 is 24.4 Å². The van der Waals surface area contributed by atoms with E-state index in [0.717, 1.165) is 41.8 Å². The Kier molecular flexibility index (Phi) is 6.25. The number of alkyl halides is 4. The number of nitrogens with zero attached hydrogens (tertiary/aromatic N) is 4. The third kappa shape index (κ3) is 4.51. The maximum atomic E-state index is 13.6. The molecule has 0 bridgehead atoms. The van der Waals surface area contributed by atoms with Crippen LogP contribution in [0.3, 0.4) is 0 Å². The Morgan fingerprint density at radius 1 is 1.20 bits per heavy atom. The number of rotatable bonds is 7. The van der Waals surface area contributed by atoms with E-state index in [-0.39, 0.29) is 12.7 Å². The van der Waals surface area contributed by atoms with Crippen LogP contribution < -0.4 is 5.32 Å². The van der Waals surface area contributed by atoms with Gasteiger partial charge in [-0.3, -0.25) is 24.3 Å². The zero-order chi connectivity index (χ0) is 24.8. The molecular weight excluding hydrogens is 459 g/mol. The Labute approximate surface area is 202 Å². The summed E-state index contributed by atoms with van der Waals surface area (Å²) in [6, 6.07) is 6.83. The number of fused-ring (bicyclic) bond motifs is 3. The van der Waals surface area contributed by atoms with Crippen LogP contribution in [0.2, 0.25) is 0 Å².